The lowest BCUT2D eigenvalue weighted by atomic mass is 10.1. The lowest BCUT2D eigenvalue weighted by Crippen LogP contribution is -2.12. The van der Waals surface area contributed by atoms with Crippen LogP contribution in [0.15, 0.2) is 53.4 Å². The van der Waals surface area contributed by atoms with Gasteiger partial charge >= 0.3 is 10.6 Å². The van der Waals surface area contributed by atoms with Crippen LogP contribution in [0.4, 0.5) is 5.69 Å². The quantitative estimate of drug-likeness (QED) is 0.555. The molecule has 0 saturated heterocycles. The monoisotopic (exact) mass is 468 g/mol. The van der Waals surface area contributed by atoms with Crippen molar-refractivity contribution in [2.75, 3.05) is 5.32 Å². The molecular weight excluding hydrogens is 452 g/mol. The van der Waals surface area contributed by atoms with Crippen molar-refractivity contribution in [3.05, 3.63) is 64.0 Å². The summed E-state index contributed by atoms with van der Waals surface area (Å²) >= 11 is 1.63. The fourth-order valence-electron chi connectivity index (χ4n) is 2.51. The molecule has 30 heavy (non-hydrogen) atoms. The SMILES string of the molecule is Cc1nc(-c2ccc(NC(=O)c3cccc(S(=O)(=O)O)c3)cc2)c(C)s1.O=S(=O)=O. The van der Waals surface area contributed by atoms with Gasteiger partial charge in [-0.15, -0.1) is 24.0 Å². The van der Waals surface area contributed by atoms with Gasteiger partial charge in [-0.25, -0.2) is 4.98 Å². The third-order valence-electron chi connectivity index (χ3n) is 3.71. The number of amides is 1. The Hall–Kier alpha value is -2.93. The van der Waals surface area contributed by atoms with Gasteiger partial charge in [0.05, 0.1) is 15.6 Å². The van der Waals surface area contributed by atoms with Crippen molar-refractivity contribution in [1.29, 1.82) is 0 Å². The van der Waals surface area contributed by atoms with E-state index in [-0.39, 0.29) is 10.5 Å². The third kappa shape index (κ3) is 6.56. The van der Waals surface area contributed by atoms with Gasteiger partial charge in [0.2, 0.25) is 0 Å². The largest absolute Gasteiger partial charge is 0.425 e. The van der Waals surface area contributed by atoms with Gasteiger partial charge in [0, 0.05) is 21.7 Å². The first kappa shape index (κ1) is 23.3. The minimum atomic E-state index is -4.36. The summed E-state index contributed by atoms with van der Waals surface area (Å²) in [5.41, 5.74) is 2.58. The maximum atomic E-state index is 12.3. The molecule has 3 aromatic rings. The first-order valence-electron chi connectivity index (χ1n) is 8.17. The van der Waals surface area contributed by atoms with Crippen LogP contribution < -0.4 is 5.32 Å². The number of aryl methyl sites for hydroxylation is 2. The van der Waals surface area contributed by atoms with Crippen LogP contribution in [0.1, 0.15) is 20.2 Å². The molecule has 158 valence electrons. The smallest absolute Gasteiger partial charge is 0.322 e. The summed E-state index contributed by atoms with van der Waals surface area (Å²) in [5, 5.41) is 3.70. The average molecular weight is 469 g/mol. The fourth-order valence-corrected chi connectivity index (χ4v) is 3.88. The number of nitrogens with zero attached hydrogens (tertiary/aromatic N) is 1. The molecule has 0 aliphatic rings. The van der Waals surface area contributed by atoms with E-state index in [0.29, 0.717) is 5.69 Å². The van der Waals surface area contributed by atoms with Crippen LogP contribution in [0.25, 0.3) is 11.3 Å². The fraction of sp³-hybridized carbons (Fsp3) is 0.111. The molecule has 0 bridgehead atoms. The van der Waals surface area contributed by atoms with Crippen LogP contribution in [0.2, 0.25) is 0 Å². The van der Waals surface area contributed by atoms with Crippen molar-refractivity contribution in [2.45, 2.75) is 18.7 Å². The van der Waals surface area contributed by atoms with Gasteiger partial charge in [-0.05, 0) is 44.2 Å². The van der Waals surface area contributed by atoms with E-state index in [1.54, 1.807) is 23.5 Å². The van der Waals surface area contributed by atoms with Crippen LogP contribution in [-0.4, -0.2) is 36.5 Å². The van der Waals surface area contributed by atoms with E-state index < -0.39 is 26.6 Å². The second kappa shape index (κ2) is 9.71. The molecule has 0 aliphatic carbocycles. The number of anilines is 1. The number of carbonyl (C=O) groups excluding carboxylic acids is 1. The lowest BCUT2D eigenvalue weighted by Gasteiger charge is -2.07. The summed E-state index contributed by atoms with van der Waals surface area (Å²) in [6.45, 7) is 3.97. The number of nitrogens with one attached hydrogen (secondary N) is 1. The van der Waals surface area contributed by atoms with Crippen LogP contribution in [-0.2, 0) is 20.7 Å². The highest BCUT2D eigenvalue weighted by Crippen LogP contribution is 2.28. The van der Waals surface area contributed by atoms with E-state index in [9.17, 15) is 13.2 Å². The van der Waals surface area contributed by atoms with Gasteiger partial charge in [-0.1, -0.05) is 18.2 Å². The Morgan fingerprint density at radius 2 is 1.67 bits per heavy atom. The predicted molar refractivity (Wildman–Crippen MR) is 111 cm³/mol. The normalized spacial score (nSPS) is 10.6. The minimum Gasteiger partial charge on any atom is -0.322 e. The standard InChI is InChI=1S/C18H16N2O4S2.O3S/c1-11-17(19-12(2)25-11)13-6-8-15(9-7-13)20-18(21)14-4-3-5-16(10-14)26(22,23)24;1-4(2)3/h3-10H,1-2H3,(H,20,21)(H,22,23,24);. The number of rotatable bonds is 4. The number of carbonyl (C=O) groups is 1. The summed E-state index contributed by atoms with van der Waals surface area (Å²) in [5.74, 6) is -0.469. The van der Waals surface area contributed by atoms with Crippen molar-refractivity contribution in [1.82, 2.24) is 4.98 Å². The zero-order valence-electron chi connectivity index (χ0n) is 15.7. The van der Waals surface area contributed by atoms with Crippen molar-refractivity contribution in [3.8, 4) is 11.3 Å². The summed E-state index contributed by atoms with van der Waals surface area (Å²) < 4.78 is 56.8. The molecule has 2 aromatic carbocycles. The van der Waals surface area contributed by atoms with E-state index in [0.717, 1.165) is 27.2 Å². The Kier molecular flexibility index (Phi) is 7.56. The maximum Gasteiger partial charge on any atom is 0.425 e. The van der Waals surface area contributed by atoms with Crippen molar-refractivity contribution >= 4 is 43.7 Å². The van der Waals surface area contributed by atoms with Crippen LogP contribution in [0.3, 0.4) is 0 Å². The van der Waals surface area contributed by atoms with Gasteiger partial charge in [0.15, 0.2) is 0 Å². The highest BCUT2D eigenvalue weighted by atomic mass is 32.2. The summed E-state index contributed by atoms with van der Waals surface area (Å²) in [7, 11) is -7.47. The van der Waals surface area contributed by atoms with Crippen molar-refractivity contribution in [3.63, 3.8) is 0 Å². The molecule has 9 nitrogen and oxygen atoms in total. The molecule has 1 amide bonds. The number of benzene rings is 2. The van der Waals surface area contributed by atoms with E-state index in [1.807, 2.05) is 26.0 Å². The Bertz CT molecular complexity index is 1270. The van der Waals surface area contributed by atoms with Crippen molar-refractivity contribution in [2.24, 2.45) is 0 Å². The van der Waals surface area contributed by atoms with Crippen molar-refractivity contribution < 1.29 is 30.4 Å². The van der Waals surface area contributed by atoms with Crippen LogP contribution >= 0.6 is 11.3 Å². The molecule has 1 aromatic heterocycles. The number of hydrogen-bond donors (Lipinski definition) is 2. The first-order valence-corrected chi connectivity index (χ1v) is 11.4. The van der Waals surface area contributed by atoms with E-state index in [4.69, 9.17) is 17.2 Å². The molecule has 0 unspecified atom stereocenters. The Labute approximate surface area is 178 Å². The topological polar surface area (TPSA) is 148 Å². The zero-order valence-corrected chi connectivity index (χ0v) is 18.1. The maximum absolute atomic E-state index is 12.3. The van der Waals surface area contributed by atoms with Gasteiger partial charge in [0.1, 0.15) is 0 Å². The van der Waals surface area contributed by atoms with E-state index >= 15 is 0 Å². The molecule has 12 heteroatoms. The number of hydrogen-bond acceptors (Lipinski definition) is 8. The van der Waals surface area contributed by atoms with Gasteiger partial charge < -0.3 is 5.32 Å². The Morgan fingerprint density at radius 1 is 1.07 bits per heavy atom. The van der Waals surface area contributed by atoms with E-state index in [1.165, 1.54) is 18.2 Å². The third-order valence-corrected chi connectivity index (χ3v) is 5.45. The molecule has 0 saturated carbocycles. The predicted octanol–water partition coefficient (Wildman–Crippen LogP) is 2.92. The van der Waals surface area contributed by atoms with Gasteiger partial charge in [-0.2, -0.15) is 8.42 Å². The van der Waals surface area contributed by atoms with Crippen LogP contribution in [0, 0.1) is 13.8 Å². The number of thiazole rings is 1. The second-order valence-electron chi connectivity index (χ2n) is 5.88. The Balaban J connectivity index is 0.000000735. The molecule has 0 fully saturated rings. The molecule has 0 radical (unpaired) electrons. The zero-order chi connectivity index (χ0) is 22.5. The highest BCUT2D eigenvalue weighted by molar-refractivity contribution is 7.85. The molecule has 3 rings (SSSR count). The summed E-state index contributed by atoms with van der Waals surface area (Å²) in [4.78, 5) is 17.6. The first-order chi connectivity index (χ1) is 14.0. The molecule has 1 heterocycles. The molecule has 0 spiro atoms. The van der Waals surface area contributed by atoms with E-state index in [2.05, 4.69) is 10.3 Å². The van der Waals surface area contributed by atoms with Crippen LogP contribution in [0.5, 0.6) is 0 Å². The lowest BCUT2D eigenvalue weighted by molar-refractivity contribution is 0.102. The summed E-state index contributed by atoms with van der Waals surface area (Å²) in [6.07, 6.45) is 0. The second-order valence-corrected chi connectivity index (χ2v) is 9.11. The molecule has 0 aliphatic heterocycles. The molecular formula is C18H16N2O7S3. The molecule has 2 N–H and O–H groups in total. The molecule has 0 atom stereocenters. The van der Waals surface area contributed by atoms with Gasteiger partial charge in [0.25, 0.3) is 16.0 Å². The van der Waals surface area contributed by atoms with Gasteiger partial charge in [-0.3, -0.25) is 9.35 Å². The summed E-state index contributed by atoms with van der Waals surface area (Å²) in [6, 6.07) is 12.5. The Morgan fingerprint density at radius 3 is 2.17 bits per heavy atom. The number of aromatic nitrogens is 1. The highest BCUT2D eigenvalue weighted by Gasteiger charge is 2.14. The minimum absolute atomic E-state index is 0.134. The average Bonchev–Trinajstić information content (AvgIpc) is 2.99.